The Bertz CT molecular complexity index is 530. The van der Waals surface area contributed by atoms with E-state index in [1.54, 1.807) is 0 Å². The average Bonchev–Trinajstić information content (AvgIpc) is 2.41. The molecule has 6 heteroatoms. The van der Waals surface area contributed by atoms with E-state index in [0.29, 0.717) is 11.6 Å². The predicted molar refractivity (Wildman–Crippen MR) is 75.1 cm³/mol. The van der Waals surface area contributed by atoms with Crippen molar-refractivity contribution in [2.45, 2.75) is 38.6 Å². The van der Waals surface area contributed by atoms with Crippen LogP contribution in [0.15, 0.2) is 18.2 Å². The van der Waals surface area contributed by atoms with Crippen LogP contribution in [-0.4, -0.2) is 22.0 Å². The van der Waals surface area contributed by atoms with Gasteiger partial charge in [0.2, 0.25) is 0 Å². The molecule has 0 radical (unpaired) electrons. The van der Waals surface area contributed by atoms with Crippen molar-refractivity contribution < 1.29 is 14.8 Å². The zero-order valence-corrected chi connectivity index (χ0v) is 11.3. The summed E-state index contributed by atoms with van der Waals surface area (Å²) in [7, 11) is 0. The van der Waals surface area contributed by atoms with E-state index in [1.807, 2.05) is 0 Å². The Morgan fingerprint density at radius 2 is 2.10 bits per heavy atom. The molecule has 1 aliphatic carbocycles. The van der Waals surface area contributed by atoms with Gasteiger partial charge in [-0.3, -0.25) is 10.1 Å². The number of non-ortho nitro benzene ring substituents is 1. The molecule has 0 spiro atoms. The summed E-state index contributed by atoms with van der Waals surface area (Å²) in [4.78, 5) is 21.4. The maximum absolute atomic E-state index is 11.3. The van der Waals surface area contributed by atoms with E-state index >= 15 is 0 Å². The van der Waals surface area contributed by atoms with E-state index in [1.165, 1.54) is 18.6 Å². The second kappa shape index (κ2) is 5.90. The van der Waals surface area contributed by atoms with Gasteiger partial charge >= 0.3 is 5.97 Å². The minimum Gasteiger partial charge on any atom is -0.478 e. The van der Waals surface area contributed by atoms with Gasteiger partial charge in [-0.2, -0.15) is 0 Å². The first kappa shape index (κ1) is 14.3. The van der Waals surface area contributed by atoms with Gasteiger partial charge in [0.05, 0.1) is 10.5 Å². The molecule has 20 heavy (non-hydrogen) atoms. The number of rotatable bonds is 4. The molecule has 6 nitrogen and oxygen atoms in total. The van der Waals surface area contributed by atoms with E-state index in [9.17, 15) is 20.0 Å². The molecule has 2 atom stereocenters. The summed E-state index contributed by atoms with van der Waals surface area (Å²) in [6, 6.07) is 4.16. The summed E-state index contributed by atoms with van der Waals surface area (Å²) in [5, 5.41) is 23.2. The number of nitro benzene ring substituents is 1. The number of aromatic carboxylic acids is 1. The quantitative estimate of drug-likeness (QED) is 0.651. The number of benzene rings is 1. The SMILES string of the molecule is C[C@@H]1CCCC[C@H]1Nc1ccc([N+](=O)[O-])cc1C(=O)O. The van der Waals surface area contributed by atoms with Gasteiger partial charge in [0, 0.05) is 23.9 Å². The molecule has 1 aliphatic rings. The van der Waals surface area contributed by atoms with E-state index in [-0.39, 0.29) is 17.3 Å². The van der Waals surface area contributed by atoms with Crippen molar-refractivity contribution in [1.82, 2.24) is 0 Å². The highest BCUT2D eigenvalue weighted by Crippen LogP contribution is 2.29. The summed E-state index contributed by atoms with van der Waals surface area (Å²) < 4.78 is 0. The minimum atomic E-state index is -1.15. The molecule has 0 saturated heterocycles. The van der Waals surface area contributed by atoms with Crippen LogP contribution < -0.4 is 5.32 Å². The summed E-state index contributed by atoms with van der Waals surface area (Å²) in [6.07, 6.45) is 4.44. The number of hydrogen-bond donors (Lipinski definition) is 2. The molecule has 0 amide bonds. The Kier molecular flexibility index (Phi) is 4.22. The smallest absolute Gasteiger partial charge is 0.338 e. The molecular weight excluding hydrogens is 260 g/mol. The average molecular weight is 278 g/mol. The van der Waals surface area contributed by atoms with Gasteiger partial charge in [0.1, 0.15) is 0 Å². The Morgan fingerprint density at radius 3 is 2.70 bits per heavy atom. The van der Waals surface area contributed by atoms with Crippen molar-refractivity contribution in [3.8, 4) is 0 Å². The van der Waals surface area contributed by atoms with Gasteiger partial charge in [0.15, 0.2) is 0 Å². The third-order valence-corrected chi connectivity index (χ3v) is 3.90. The third-order valence-electron chi connectivity index (χ3n) is 3.90. The molecule has 1 aromatic carbocycles. The Labute approximate surface area is 117 Å². The molecule has 1 fully saturated rings. The van der Waals surface area contributed by atoms with Gasteiger partial charge in [-0.25, -0.2) is 4.79 Å². The van der Waals surface area contributed by atoms with E-state index in [0.717, 1.165) is 25.3 Å². The van der Waals surface area contributed by atoms with Crippen LogP contribution in [0.2, 0.25) is 0 Å². The monoisotopic (exact) mass is 278 g/mol. The number of nitrogens with zero attached hydrogens (tertiary/aromatic N) is 1. The van der Waals surface area contributed by atoms with Crippen LogP contribution in [-0.2, 0) is 0 Å². The first-order chi connectivity index (χ1) is 9.49. The maximum Gasteiger partial charge on any atom is 0.338 e. The lowest BCUT2D eigenvalue weighted by molar-refractivity contribution is -0.384. The topological polar surface area (TPSA) is 92.5 Å². The summed E-state index contributed by atoms with van der Waals surface area (Å²) >= 11 is 0. The van der Waals surface area contributed by atoms with Crippen LogP contribution in [0.3, 0.4) is 0 Å². The fourth-order valence-electron chi connectivity index (χ4n) is 2.68. The number of carboxylic acid groups (broad SMARTS) is 1. The lowest BCUT2D eigenvalue weighted by atomic mass is 9.85. The number of nitrogens with one attached hydrogen (secondary N) is 1. The summed E-state index contributed by atoms with van der Waals surface area (Å²) in [6.45, 7) is 2.14. The minimum absolute atomic E-state index is 0.0445. The molecule has 1 aromatic rings. The largest absolute Gasteiger partial charge is 0.478 e. The zero-order valence-electron chi connectivity index (χ0n) is 11.3. The Morgan fingerprint density at radius 1 is 1.40 bits per heavy atom. The normalized spacial score (nSPS) is 22.2. The van der Waals surface area contributed by atoms with E-state index in [4.69, 9.17) is 0 Å². The fourth-order valence-corrected chi connectivity index (χ4v) is 2.68. The number of anilines is 1. The highest BCUT2D eigenvalue weighted by Gasteiger charge is 2.23. The second-order valence-electron chi connectivity index (χ2n) is 5.30. The maximum atomic E-state index is 11.3. The molecule has 108 valence electrons. The molecule has 0 aliphatic heterocycles. The lowest BCUT2D eigenvalue weighted by Crippen LogP contribution is -2.31. The Hall–Kier alpha value is -2.11. The molecule has 2 N–H and O–H groups in total. The van der Waals surface area contributed by atoms with Crippen LogP contribution in [0.25, 0.3) is 0 Å². The van der Waals surface area contributed by atoms with Gasteiger partial charge < -0.3 is 10.4 Å². The molecule has 0 aromatic heterocycles. The number of hydrogen-bond acceptors (Lipinski definition) is 4. The molecular formula is C14H18N2O4. The van der Waals surface area contributed by atoms with E-state index in [2.05, 4.69) is 12.2 Å². The van der Waals surface area contributed by atoms with Crippen molar-refractivity contribution in [1.29, 1.82) is 0 Å². The summed E-state index contributed by atoms with van der Waals surface area (Å²) in [5.74, 6) is -0.680. The van der Waals surface area contributed by atoms with Crippen molar-refractivity contribution in [3.05, 3.63) is 33.9 Å². The number of carbonyl (C=O) groups is 1. The zero-order chi connectivity index (χ0) is 14.7. The van der Waals surface area contributed by atoms with Crippen LogP contribution >= 0.6 is 0 Å². The van der Waals surface area contributed by atoms with Crippen molar-refractivity contribution in [2.75, 3.05) is 5.32 Å². The van der Waals surface area contributed by atoms with Gasteiger partial charge in [-0.1, -0.05) is 19.8 Å². The van der Waals surface area contributed by atoms with Crippen molar-refractivity contribution >= 4 is 17.3 Å². The fraction of sp³-hybridized carbons (Fsp3) is 0.500. The summed E-state index contributed by atoms with van der Waals surface area (Å²) in [5.41, 5.74) is 0.212. The lowest BCUT2D eigenvalue weighted by Gasteiger charge is -2.30. The molecule has 2 rings (SSSR count). The van der Waals surface area contributed by atoms with E-state index < -0.39 is 10.9 Å². The molecule has 1 saturated carbocycles. The Balaban J connectivity index is 2.26. The van der Waals surface area contributed by atoms with Crippen LogP contribution in [0.4, 0.5) is 11.4 Å². The predicted octanol–water partition coefficient (Wildman–Crippen LogP) is 3.28. The van der Waals surface area contributed by atoms with Gasteiger partial charge in [0.25, 0.3) is 5.69 Å². The third kappa shape index (κ3) is 3.07. The molecule has 0 bridgehead atoms. The first-order valence-corrected chi connectivity index (χ1v) is 6.77. The van der Waals surface area contributed by atoms with Crippen molar-refractivity contribution in [3.63, 3.8) is 0 Å². The first-order valence-electron chi connectivity index (χ1n) is 6.77. The van der Waals surface area contributed by atoms with Crippen molar-refractivity contribution in [2.24, 2.45) is 5.92 Å². The van der Waals surface area contributed by atoms with Gasteiger partial charge in [-0.15, -0.1) is 0 Å². The highest BCUT2D eigenvalue weighted by atomic mass is 16.6. The van der Waals surface area contributed by atoms with Crippen LogP contribution in [0, 0.1) is 16.0 Å². The van der Waals surface area contributed by atoms with Crippen LogP contribution in [0.5, 0.6) is 0 Å². The number of carboxylic acids is 1. The van der Waals surface area contributed by atoms with Gasteiger partial charge in [-0.05, 0) is 24.8 Å². The molecule has 0 heterocycles. The van der Waals surface area contributed by atoms with Crippen LogP contribution in [0.1, 0.15) is 43.0 Å². The highest BCUT2D eigenvalue weighted by molar-refractivity contribution is 5.95. The molecule has 0 unspecified atom stereocenters. The second-order valence-corrected chi connectivity index (χ2v) is 5.30. The number of nitro groups is 1. The standard InChI is InChI=1S/C14H18N2O4/c1-9-4-2-3-5-12(9)15-13-7-6-10(16(19)20)8-11(13)14(17)18/h6-9,12,15H,2-5H2,1H3,(H,17,18)/t9-,12-/m1/s1.